The predicted octanol–water partition coefficient (Wildman–Crippen LogP) is 5.32. The van der Waals surface area contributed by atoms with Crippen molar-refractivity contribution in [1.82, 2.24) is 14.8 Å². The Morgan fingerprint density at radius 3 is 2.31 bits per heavy atom. The topological polar surface area (TPSA) is 109 Å². The zero-order valence-corrected chi connectivity index (χ0v) is 21.3. The highest BCUT2D eigenvalue weighted by Crippen LogP contribution is 2.33. The fourth-order valence-electron chi connectivity index (χ4n) is 4.53. The summed E-state index contributed by atoms with van der Waals surface area (Å²) in [6.45, 7) is 7.66. The summed E-state index contributed by atoms with van der Waals surface area (Å²) in [6.07, 6.45) is 6.24. The maximum absolute atomic E-state index is 13.5. The third-order valence-corrected chi connectivity index (χ3v) is 7.79. The fourth-order valence-corrected chi connectivity index (χ4v) is 5.39. The summed E-state index contributed by atoms with van der Waals surface area (Å²) in [5, 5.41) is 24.9. The lowest BCUT2D eigenvalue weighted by molar-refractivity contribution is -0.124. The quantitative estimate of drug-likeness (QED) is 0.459. The highest BCUT2D eigenvalue weighted by atomic mass is 32.1. The summed E-state index contributed by atoms with van der Waals surface area (Å²) in [5.41, 5.74) is 1.63. The second kappa shape index (κ2) is 10.3. The average Bonchev–Trinajstić information content (AvgIpc) is 3.48. The van der Waals surface area contributed by atoms with Gasteiger partial charge in [-0.25, -0.2) is 14.5 Å². The van der Waals surface area contributed by atoms with Gasteiger partial charge in [-0.05, 0) is 70.1 Å². The molecule has 2 N–H and O–H groups in total. The second-order valence-electron chi connectivity index (χ2n) is 9.66. The van der Waals surface area contributed by atoms with Crippen LogP contribution in [0.15, 0.2) is 36.7 Å². The largest absolute Gasteiger partial charge is 0.477 e. The fraction of sp³-hybridized carbons (Fsp3) is 0.462. The van der Waals surface area contributed by atoms with E-state index in [0.717, 1.165) is 36.1 Å². The van der Waals surface area contributed by atoms with Crippen LogP contribution in [0.1, 0.15) is 74.8 Å². The van der Waals surface area contributed by atoms with Crippen molar-refractivity contribution < 1.29 is 19.8 Å². The zero-order valence-electron chi connectivity index (χ0n) is 20.5. The Bertz CT molecular complexity index is 1190. The number of nitrogens with zero attached hydrogens (tertiary/aromatic N) is 4. The number of aliphatic hydroxyl groups excluding tert-OH is 1. The van der Waals surface area contributed by atoms with Gasteiger partial charge in [0, 0.05) is 24.4 Å². The van der Waals surface area contributed by atoms with E-state index in [1.807, 2.05) is 38.1 Å². The number of amides is 1. The lowest BCUT2D eigenvalue weighted by Crippen LogP contribution is -2.43. The van der Waals surface area contributed by atoms with Crippen LogP contribution in [0.2, 0.25) is 0 Å². The highest BCUT2D eigenvalue weighted by molar-refractivity contribution is 7.15. The molecule has 0 aliphatic heterocycles. The van der Waals surface area contributed by atoms with Crippen LogP contribution >= 0.6 is 11.3 Å². The molecule has 1 aliphatic carbocycles. The number of thiazole rings is 1. The molecule has 1 aromatic carbocycles. The molecule has 1 fully saturated rings. The van der Waals surface area contributed by atoms with Gasteiger partial charge in [0.05, 0.1) is 10.6 Å². The van der Waals surface area contributed by atoms with Crippen LogP contribution in [-0.2, 0) is 4.79 Å². The van der Waals surface area contributed by atoms with Gasteiger partial charge < -0.3 is 10.2 Å². The molecule has 8 nitrogen and oxygen atoms in total. The number of carbonyl (C=O) groups excluding carboxylic acids is 1. The van der Waals surface area contributed by atoms with Gasteiger partial charge in [0.1, 0.15) is 16.7 Å². The Kier molecular flexibility index (Phi) is 7.37. The van der Waals surface area contributed by atoms with E-state index in [-0.39, 0.29) is 29.2 Å². The molecule has 4 rings (SSSR count). The van der Waals surface area contributed by atoms with Crippen LogP contribution in [0.5, 0.6) is 0 Å². The van der Waals surface area contributed by atoms with Gasteiger partial charge in [-0.2, -0.15) is 0 Å². The van der Waals surface area contributed by atoms with Crippen LogP contribution in [0.4, 0.5) is 5.82 Å². The van der Waals surface area contributed by atoms with E-state index in [9.17, 15) is 19.8 Å². The molecule has 9 heteroatoms. The first-order valence-corrected chi connectivity index (χ1v) is 12.9. The number of anilines is 1. The second-order valence-corrected chi connectivity index (χ2v) is 10.7. The molecular formula is C26H32N4O4S. The molecule has 0 unspecified atom stereocenters. The summed E-state index contributed by atoms with van der Waals surface area (Å²) in [4.78, 5) is 32.3. The van der Waals surface area contributed by atoms with Crippen molar-refractivity contribution in [2.75, 3.05) is 4.90 Å². The zero-order chi connectivity index (χ0) is 25.3. The molecule has 1 atom stereocenters. The minimum absolute atomic E-state index is 0.00401. The van der Waals surface area contributed by atoms with Crippen LogP contribution in [0, 0.1) is 11.8 Å². The van der Waals surface area contributed by atoms with E-state index < -0.39 is 12.1 Å². The molecular weight excluding hydrogens is 464 g/mol. The van der Waals surface area contributed by atoms with Crippen molar-refractivity contribution in [3.05, 3.63) is 47.2 Å². The third kappa shape index (κ3) is 5.31. The lowest BCUT2D eigenvalue weighted by atomic mass is 9.82. The van der Waals surface area contributed by atoms with Gasteiger partial charge in [-0.15, -0.1) is 16.4 Å². The number of aliphatic hydroxyl groups is 1. The summed E-state index contributed by atoms with van der Waals surface area (Å²) in [6, 6.07) is 7.29. The van der Waals surface area contributed by atoms with E-state index in [1.165, 1.54) is 22.2 Å². The van der Waals surface area contributed by atoms with Crippen molar-refractivity contribution >= 4 is 29.0 Å². The summed E-state index contributed by atoms with van der Waals surface area (Å²) < 4.78 is 1.52. The van der Waals surface area contributed by atoms with E-state index in [1.54, 1.807) is 18.0 Å². The maximum Gasteiger partial charge on any atom is 0.341 e. The summed E-state index contributed by atoms with van der Waals surface area (Å²) in [5.74, 6) is -0.468. The number of carboxylic acid groups (broad SMARTS) is 1. The van der Waals surface area contributed by atoms with Gasteiger partial charge in [0.25, 0.3) is 0 Å². The Labute approximate surface area is 209 Å². The van der Waals surface area contributed by atoms with E-state index in [4.69, 9.17) is 0 Å². The number of carbonyl (C=O) groups is 2. The normalized spacial score (nSPS) is 19.0. The Morgan fingerprint density at radius 1 is 1.11 bits per heavy atom. The molecule has 186 valence electrons. The number of rotatable bonds is 7. The molecule has 35 heavy (non-hydrogen) atoms. The van der Waals surface area contributed by atoms with Crippen molar-refractivity contribution in [2.45, 2.75) is 65.5 Å². The van der Waals surface area contributed by atoms with E-state index in [0.29, 0.717) is 16.6 Å². The molecule has 0 saturated heterocycles. The minimum atomic E-state index is -1.12. The number of hydrogen-bond donors (Lipinski definition) is 2. The molecule has 2 aromatic heterocycles. The maximum atomic E-state index is 13.5. The first kappa shape index (κ1) is 25.1. The number of aromatic nitrogens is 3. The van der Waals surface area contributed by atoms with Crippen LogP contribution in [0.3, 0.4) is 0 Å². The van der Waals surface area contributed by atoms with Crippen LogP contribution in [0.25, 0.3) is 16.1 Å². The number of aromatic carboxylic acids is 1. The van der Waals surface area contributed by atoms with Gasteiger partial charge in [0.15, 0.2) is 5.82 Å². The van der Waals surface area contributed by atoms with E-state index in [2.05, 4.69) is 17.0 Å². The minimum Gasteiger partial charge on any atom is -0.477 e. The first-order valence-electron chi connectivity index (χ1n) is 12.1. The number of hydrogen-bond acceptors (Lipinski definition) is 6. The summed E-state index contributed by atoms with van der Waals surface area (Å²) >= 11 is 1.42. The van der Waals surface area contributed by atoms with Gasteiger partial charge in [-0.1, -0.05) is 19.1 Å². The van der Waals surface area contributed by atoms with Crippen molar-refractivity contribution in [3.63, 3.8) is 0 Å². The average molecular weight is 497 g/mol. The van der Waals surface area contributed by atoms with Crippen LogP contribution in [-0.4, -0.2) is 42.9 Å². The van der Waals surface area contributed by atoms with E-state index >= 15 is 0 Å². The number of carboxylic acids is 1. The number of benzene rings is 1. The van der Waals surface area contributed by atoms with Crippen molar-refractivity contribution in [3.8, 4) is 16.1 Å². The van der Waals surface area contributed by atoms with Gasteiger partial charge in [0.2, 0.25) is 5.91 Å². The molecule has 0 radical (unpaired) electrons. The lowest BCUT2D eigenvalue weighted by Gasteiger charge is -2.32. The molecule has 1 aliphatic rings. The molecule has 2 heterocycles. The monoisotopic (exact) mass is 496 g/mol. The molecule has 0 bridgehead atoms. The Hall–Kier alpha value is -3.04. The highest BCUT2D eigenvalue weighted by Gasteiger charge is 2.34. The molecule has 3 aromatic rings. The third-order valence-electron chi connectivity index (χ3n) is 6.57. The standard InChI is InChI=1S/C26H32N4O4S/c1-15(2)30(25(32)19-7-5-16(3)6-8-19)23-21(26(33)34)14-29(28-23)20-11-9-18(10-12-20)22-13-27-24(35-22)17(4)31/h9-17,19,31H,5-8H2,1-4H3,(H,33,34)/t16-,17-,19-/m1/s1. The molecule has 1 amide bonds. The van der Waals surface area contributed by atoms with Crippen molar-refractivity contribution in [1.29, 1.82) is 0 Å². The summed E-state index contributed by atoms with van der Waals surface area (Å²) in [7, 11) is 0. The van der Waals surface area contributed by atoms with Gasteiger partial charge in [-0.3, -0.25) is 9.69 Å². The Balaban J connectivity index is 1.64. The van der Waals surface area contributed by atoms with Crippen molar-refractivity contribution in [2.24, 2.45) is 11.8 Å². The SMILES string of the molecule is CC(C)N(c1nn(-c2ccc(-c3cnc([C@@H](C)O)s3)cc2)cc1C(=O)O)C(=O)[C@H]1CC[C@H](C)CC1. The smallest absolute Gasteiger partial charge is 0.341 e. The predicted molar refractivity (Wildman–Crippen MR) is 136 cm³/mol. The molecule has 0 spiro atoms. The Morgan fingerprint density at radius 2 is 1.77 bits per heavy atom. The van der Waals surface area contributed by atoms with Gasteiger partial charge >= 0.3 is 5.97 Å². The first-order chi connectivity index (χ1) is 16.7. The van der Waals surface area contributed by atoms with Crippen LogP contribution < -0.4 is 4.90 Å². The molecule has 1 saturated carbocycles.